The van der Waals surface area contributed by atoms with E-state index in [0.29, 0.717) is 18.3 Å². The summed E-state index contributed by atoms with van der Waals surface area (Å²) in [5.41, 5.74) is 0.219. The lowest BCUT2D eigenvalue weighted by molar-refractivity contribution is 0.0142. The molecular formula is C16H32N2O2S. The Bertz CT molecular complexity index is 428. The van der Waals surface area contributed by atoms with E-state index >= 15 is 0 Å². The van der Waals surface area contributed by atoms with Crippen LogP contribution in [0, 0.1) is 0 Å². The van der Waals surface area contributed by atoms with Gasteiger partial charge in [-0.25, -0.2) is 8.42 Å². The van der Waals surface area contributed by atoms with Crippen molar-refractivity contribution in [3.63, 3.8) is 0 Å². The number of nitrogens with one attached hydrogen (secondary N) is 1. The molecule has 4 nitrogen and oxygen atoms in total. The summed E-state index contributed by atoms with van der Waals surface area (Å²) in [7, 11) is -2.94. The summed E-state index contributed by atoms with van der Waals surface area (Å²) < 4.78 is 24.3. The molecule has 124 valence electrons. The highest BCUT2D eigenvalue weighted by atomic mass is 32.2. The maximum absolute atomic E-state index is 12.2. The molecule has 0 radical (unpaired) electrons. The topological polar surface area (TPSA) is 49.4 Å². The molecule has 2 rings (SSSR count). The van der Waals surface area contributed by atoms with Crippen LogP contribution in [0.15, 0.2) is 0 Å². The second-order valence-electron chi connectivity index (χ2n) is 7.13. The third-order valence-corrected chi connectivity index (χ3v) is 7.66. The zero-order valence-corrected chi connectivity index (χ0v) is 14.7. The van der Waals surface area contributed by atoms with Gasteiger partial charge in [0.1, 0.15) is 0 Å². The number of hydrogen-bond acceptors (Lipinski definition) is 4. The van der Waals surface area contributed by atoms with Crippen molar-refractivity contribution in [3.05, 3.63) is 0 Å². The van der Waals surface area contributed by atoms with Crippen molar-refractivity contribution in [2.75, 3.05) is 25.4 Å². The second-order valence-corrected chi connectivity index (χ2v) is 9.81. The van der Waals surface area contributed by atoms with Crippen LogP contribution in [0.1, 0.15) is 59.3 Å². The Kier molecular flexibility index (Phi) is 5.71. The fraction of sp³-hybridized carbons (Fsp3) is 1.00. The normalized spacial score (nSPS) is 27.3. The number of piperazine rings is 1. The highest BCUT2D eigenvalue weighted by Crippen LogP contribution is 2.35. The van der Waals surface area contributed by atoms with Gasteiger partial charge in [-0.15, -0.1) is 0 Å². The van der Waals surface area contributed by atoms with Gasteiger partial charge in [0.05, 0.1) is 11.0 Å². The van der Waals surface area contributed by atoms with Crippen molar-refractivity contribution < 1.29 is 8.42 Å². The van der Waals surface area contributed by atoms with Crippen LogP contribution in [0.25, 0.3) is 0 Å². The second kappa shape index (κ2) is 6.97. The lowest BCUT2D eigenvalue weighted by Gasteiger charge is -2.52. The van der Waals surface area contributed by atoms with E-state index in [0.717, 1.165) is 19.5 Å². The van der Waals surface area contributed by atoms with E-state index < -0.39 is 9.84 Å². The number of rotatable bonds is 5. The monoisotopic (exact) mass is 316 g/mol. The Labute approximate surface area is 130 Å². The molecular weight excluding hydrogens is 284 g/mol. The summed E-state index contributed by atoms with van der Waals surface area (Å²) >= 11 is 0. The SMILES string of the molecule is CCC1CN(CCS(=O)(=O)C(C)C)C2(CCCCC2)CN1. The van der Waals surface area contributed by atoms with Crippen molar-refractivity contribution in [2.45, 2.75) is 76.1 Å². The summed E-state index contributed by atoms with van der Waals surface area (Å²) in [4.78, 5) is 2.51. The van der Waals surface area contributed by atoms with Crippen LogP contribution in [-0.2, 0) is 9.84 Å². The van der Waals surface area contributed by atoms with Gasteiger partial charge < -0.3 is 5.32 Å². The predicted octanol–water partition coefficient (Wildman–Crippen LogP) is 2.20. The average molecular weight is 317 g/mol. The van der Waals surface area contributed by atoms with Gasteiger partial charge in [-0.05, 0) is 33.1 Å². The first-order valence-electron chi connectivity index (χ1n) is 8.59. The molecule has 1 N–H and O–H groups in total. The van der Waals surface area contributed by atoms with Crippen LogP contribution < -0.4 is 5.32 Å². The first-order valence-corrected chi connectivity index (χ1v) is 10.3. The summed E-state index contributed by atoms with van der Waals surface area (Å²) in [6.07, 6.45) is 7.45. The van der Waals surface area contributed by atoms with Gasteiger partial charge in [0, 0.05) is 31.2 Å². The minimum atomic E-state index is -2.94. The zero-order chi connectivity index (χ0) is 15.5. The third kappa shape index (κ3) is 3.99. The fourth-order valence-corrected chi connectivity index (χ4v) is 4.69. The van der Waals surface area contributed by atoms with Crippen LogP contribution >= 0.6 is 0 Å². The molecule has 1 unspecified atom stereocenters. The summed E-state index contributed by atoms with van der Waals surface area (Å²) in [5.74, 6) is 0.308. The van der Waals surface area contributed by atoms with Crippen LogP contribution in [0.2, 0.25) is 0 Å². The van der Waals surface area contributed by atoms with E-state index in [4.69, 9.17) is 0 Å². The molecule has 1 saturated heterocycles. The lowest BCUT2D eigenvalue weighted by atomic mass is 9.78. The first kappa shape index (κ1) is 17.2. The molecule has 0 aromatic carbocycles. The zero-order valence-electron chi connectivity index (χ0n) is 13.9. The summed E-state index contributed by atoms with van der Waals surface area (Å²) in [5, 5.41) is 3.43. The largest absolute Gasteiger partial charge is 0.311 e. The van der Waals surface area contributed by atoms with Crippen LogP contribution in [0.4, 0.5) is 0 Å². The molecule has 0 aromatic heterocycles. The van der Waals surface area contributed by atoms with Gasteiger partial charge in [-0.1, -0.05) is 26.2 Å². The molecule has 2 fully saturated rings. The van der Waals surface area contributed by atoms with Crippen molar-refractivity contribution in [1.82, 2.24) is 10.2 Å². The minimum Gasteiger partial charge on any atom is -0.311 e. The number of hydrogen-bond donors (Lipinski definition) is 1. The fourth-order valence-electron chi connectivity index (χ4n) is 3.75. The van der Waals surface area contributed by atoms with Gasteiger partial charge in [-0.2, -0.15) is 0 Å². The van der Waals surface area contributed by atoms with E-state index in [1.165, 1.54) is 32.1 Å². The number of nitrogens with zero attached hydrogens (tertiary/aromatic N) is 1. The maximum Gasteiger partial charge on any atom is 0.153 e. The van der Waals surface area contributed by atoms with Crippen LogP contribution in [0.3, 0.4) is 0 Å². The highest BCUT2D eigenvalue weighted by molar-refractivity contribution is 7.92. The number of sulfone groups is 1. The maximum atomic E-state index is 12.2. The molecule has 1 aliphatic heterocycles. The molecule has 5 heteroatoms. The molecule has 0 bridgehead atoms. The molecule has 1 saturated carbocycles. The van der Waals surface area contributed by atoms with E-state index in [2.05, 4.69) is 17.1 Å². The molecule has 0 amide bonds. The Balaban J connectivity index is 2.07. The molecule has 1 spiro atoms. The van der Waals surface area contributed by atoms with E-state index in [9.17, 15) is 8.42 Å². The van der Waals surface area contributed by atoms with Crippen molar-refractivity contribution in [1.29, 1.82) is 0 Å². The Morgan fingerprint density at radius 3 is 2.48 bits per heavy atom. The van der Waals surface area contributed by atoms with E-state index in [1.807, 2.05) is 0 Å². The predicted molar refractivity (Wildman–Crippen MR) is 88.4 cm³/mol. The summed E-state index contributed by atoms with van der Waals surface area (Å²) in [6.45, 7) is 8.53. The van der Waals surface area contributed by atoms with Crippen molar-refractivity contribution >= 4 is 9.84 Å². The summed E-state index contributed by atoms with van der Waals surface area (Å²) in [6, 6.07) is 0.513. The van der Waals surface area contributed by atoms with Crippen molar-refractivity contribution in [2.24, 2.45) is 0 Å². The van der Waals surface area contributed by atoms with Gasteiger partial charge in [0.15, 0.2) is 9.84 Å². The van der Waals surface area contributed by atoms with E-state index in [-0.39, 0.29) is 10.8 Å². The molecule has 2 aliphatic rings. The van der Waals surface area contributed by atoms with Crippen LogP contribution in [-0.4, -0.2) is 55.5 Å². The Morgan fingerprint density at radius 2 is 1.90 bits per heavy atom. The van der Waals surface area contributed by atoms with Gasteiger partial charge >= 0.3 is 0 Å². The van der Waals surface area contributed by atoms with Crippen molar-refractivity contribution in [3.8, 4) is 0 Å². The standard InChI is InChI=1S/C16H32N2O2S/c1-4-15-12-18(10-11-21(19,20)14(2)3)16(13-17-15)8-6-5-7-9-16/h14-15,17H,4-13H2,1-3H3. The molecule has 1 aliphatic carbocycles. The Hall–Kier alpha value is -0.130. The first-order chi connectivity index (χ1) is 9.89. The van der Waals surface area contributed by atoms with Gasteiger partial charge in [0.2, 0.25) is 0 Å². The molecule has 1 heterocycles. The lowest BCUT2D eigenvalue weighted by Crippen LogP contribution is -2.65. The van der Waals surface area contributed by atoms with E-state index in [1.54, 1.807) is 13.8 Å². The Morgan fingerprint density at radius 1 is 1.24 bits per heavy atom. The third-order valence-electron chi connectivity index (χ3n) is 5.47. The van der Waals surface area contributed by atoms with Gasteiger partial charge in [0.25, 0.3) is 0 Å². The molecule has 1 atom stereocenters. The average Bonchev–Trinajstić information content (AvgIpc) is 2.47. The molecule has 0 aromatic rings. The quantitative estimate of drug-likeness (QED) is 0.845. The minimum absolute atomic E-state index is 0.219. The smallest absolute Gasteiger partial charge is 0.153 e. The molecule has 21 heavy (non-hydrogen) atoms. The highest BCUT2D eigenvalue weighted by Gasteiger charge is 2.42. The van der Waals surface area contributed by atoms with Crippen LogP contribution in [0.5, 0.6) is 0 Å². The van der Waals surface area contributed by atoms with Gasteiger partial charge in [-0.3, -0.25) is 4.90 Å².